The zero-order valence-corrected chi connectivity index (χ0v) is 17.5. The van der Waals surface area contributed by atoms with E-state index in [2.05, 4.69) is 11.8 Å². The predicted octanol–water partition coefficient (Wildman–Crippen LogP) is 2.29. The van der Waals surface area contributed by atoms with Crippen LogP contribution < -0.4 is 0 Å². The van der Waals surface area contributed by atoms with E-state index in [1.165, 1.54) is 10.4 Å². The summed E-state index contributed by atoms with van der Waals surface area (Å²) in [6, 6.07) is 6.14. The van der Waals surface area contributed by atoms with Crippen LogP contribution in [0.15, 0.2) is 29.2 Å². The first-order valence-electron chi connectivity index (χ1n) is 9.57. The van der Waals surface area contributed by atoms with Crippen LogP contribution >= 0.6 is 11.6 Å². The highest BCUT2D eigenvalue weighted by Gasteiger charge is 2.33. The minimum atomic E-state index is -3.55. The molecule has 2 aliphatic rings. The molecule has 0 bridgehead atoms. The summed E-state index contributed by atoms with van der Waals surface area (Å²) < 4.78 is 27.1. The Labute approximate surface area is 167 Å². The van der Waals surface area contributed by atoms with Gasteiger partial charge in [0.2, 0.25) is 15.9 Å². The third kappa shape index (κ3) is 4.65. The Morgan fingerprint density at radius 1 is 1.11 bits per heavy atom. The zero-order chi connectivity index (χ0) is 19.6. The highest BCUT2D eigenvalue weighted by atomic mass is 35.5. The number of benzene rings is 1. The lowest BCUT2D eigenvalue weighted by molar-refractivity contribution is -0.138. The lowest BCUT2D eigenvalue weighted by atomic mass is 9.98. The van der Waals surface area contributed by atoms with Gasteiger partial charge in [-0.3, -0.25) is 9.69 Å². The van der Waals surface area contributed by atoms with Crippen LogP contribution in [0.5, 0.6) is 0 Å². The van der Waals surface area contributed by atoms with Gasteiger partial charge in [0.15, 0.2) is 0 Å². The van der Waals surface area contributed by atoms with Gasteiger partial charge in [0.25, 0.3) is 0 Å². The van der Waals surface area contributed by atoms with E-state index < -0.39 is 10.0 Å². The SMILES string of the molecule is CC1CCN(C(=O)C(C)N2CCN(S(=O)(=O)c3cccc(Cl)c3)CC2)CC1. The van der Waals surface area contributed by atoms with E-state index in [0.29, 0.717) is 37.1 Å². The van der Waals surface area contributed by atoms with Gasteiger partial charge in [-0.15, -0.1) is 0 Å². The van der Waals surface area contributed by atoms with Crippen LogP contribution in [-0.4, -0.2) is 73.7 Å². The molecule has 2 aliphatic heterocycles. The first-order valence-corrected chi connectivity index (χ1v) is 11.4. The molecule has 2 heterocycles. The minimum absolute atomic E-state index is 0.160. The van der Waals surface area contributed by atoms with E-state index in [9.17, 15) is 13.2 Å². The number of nitrogens with zero attached hydrogens (tertiary/aromatic N) is 3. The van der Waals surface area contributed by atoms with Crippen molar-refractivity contribution in [3.63, 3.8) is 0 Å². The zero-order valence-electron chi connectivity index (χ0n) is 16.0. The lowest BCUT2D eigenvalue weighted by Gasteiger charge is -2.39. The van der Waals surface area contributed by atoms with Crippen LogP contribution in [0.1, 0.15) is 26.7 Å². The number of hydrogen-bond donors (Lipinski definition) is 0. The monoisotopic (exact) mass is 413 g/mol. The first-order chi connectivity index (χ1) is 12.8. The molecule has 0 spiro atoms. The summed E-state index contributed by atoms with van der Waals surface area (Å²) >= 11 is 5.94. The number of piperazine rings is 1. The largest absolute Gasteiger partial charge is 0.341 e. The maximum Gasteiger partial charge on any atom is 0.243 e. The molecule has 1 atom stereocenters. The molecule has 8 heteroatoms. The molecule has 1 aromatic carbocycles. The van der Waals surface area contributed by atoms with Gasteiger partial charge < -0.3 is 4.90 Å². The van der Waals surface area contributed by atoms with Gasteiger partial charge >= 0.3 is 0 Å². The van der Waals surface area contributed by atoms with E-state index in [4.69, 9.17) is 11.6 Å². The van der Waals surface area contributed by atoms with Gasteiger partial charge in [-0.05, 0) is 43.9 Å². The highest BCUT2D eigenvalue weighted by molar-refractivity contribution is 7.89. The van der Waals surface area contributed by atoms with Gasteiger partial charge in [0.05, 0.1) is 10.9 Å². The molecular formula is C19H28ClN3O3S. The Morgan fingerprint density at radius 2 is 1.74 bits per heavy atom. The fraction of sp³-hybridized carbons (Fsp3) is 0.632. The summed E-state index contributed by atoms with van der Waals surface area (Å²) in [5.74, 6) is 0.845. The highest BCUT2D eigenvalue weighted by Crippen LogP contribution is 2.22. The molecule has 0 N–H and O–H groups in total. The molecule has 27 heavy (non-hydrogen) atoms. The fourth-order valence-electron chi connectivity index (χ4n) is 3.76. The molecule has 150 valence electrons. The molecule has 0 radical (unpaired) electrons. The predicted molar refractivity (Wildman–Crippen MR) is 106 cm³/mol. The number of halogens is 1. The molecule has 1 amide bonds. The third-order valence-corrected chi connectivity index (χ3v) is 7.84. The summed E-state index contributed by atoms with van der Waals surface area (Å²) in [4.78, 5) is 17.0. The van der Waals surface area contributed by atoms with Gasteiger partial charge in [-0.25, -0.2) is 8.42 Å². The number of carbonyl (C=O) groups excluding carboxylic acids is 1. The Morgan fingerprint density at radius 3 is 2.33 bits per heavy atom. The van der Waals surface area contributed by atoms with Crippen molar-refractivity contribution in [3.8, 4) is 0 Å². The third-order valence-electron chi connectivity index (χ3n) is 5.71. The normalized spacial score (nSPS) is 22.0. The summed E-state index contributed by atoms with van der Waals surface area (Å²) in [7, 11) is -3.55. The number of likely N-dealkylation sites (tertiary alicyclic amines) is 1. The smallest absolute Gasteiger partial charge is 0.243 e. The lowest BCUT2D eigenvalue weighted by Crippen LogP contribution is -2.56. The van der Waals surface area contributed by atoms with Gasteiger partial charge in [0, 0.05) is 44.3 Å². The maximum absolute atomic E-state index is 12.8. The molecule has 2 fully saturated rings. The van der Waals surface area contributed by atoms with Crippen LogP contribution in [-0.2, 0) is 14.8 Å². The molecule has 1 aromatic rings. The van der Waals surface area contributed by atoms with Crippen LogP contribution in [0.25, 0.3) is 0 Å². The molecular weight excluding hydrogens is 386 g/mol. The summed E-state index contributed by atoms with van der Waals surface area (Å²) in [6.07, 6.45) is 2.12. The van der Waals surface area contributed by atoms with Gasteiger partial charge in [-0.1, -0.05) is 24.6 Å². The summed E-state index contributed by atoms with van der Waals surface area (Å²) in [5, 5.41) is 0.407. The molecule has 0 saturated carbocycles. The number of rotatable bonds is 4. The van der Waals surface area contributed by atoms with Crippen molar-refractivity contribution in [3.05, 3.63) is 29.3 Å². The van der Waals surface area contributed by atoms with Gasteiger partial charge in [0.1, 0.15) is 0 Å². The van der Waals surface area contributed by atoms with Crippen LogP contribution in [0.2, 0.25) is 5.02 Å². The van der Waals surface area contributed by atoms with Crippen LogP contribution in [0.3, 0.4) is 0 Å². The first kappa shape index (κ1) is 20.6. The minimum Gasteiger partial charge on any atom is -0.341 e. The molecule has 1 unspecified atom stereocenters. The van der Waals surface area contributed by atoms with Crippen molar-refractivity contribution in [2.24, 2.45) is 5.92 Å². The number of carbonyl (C=O) groups is 1. The van der Waals surface area contributed by atoms with Gasteiger partial charge in [-0.2, -0.15) is 4.31 Å². The van der Waals surface area contributed by atoms with E-state index in [1.807, 2.05) is 11.8 Å². The molecule has 6 nitrogen and oxygen atoms in total. The standard InChI is InChI=1S/C19H28ClN3O3S/c1-15-6-8-22(9-7-15)19(24)16(2)21-10-12-23(13-11-21)27(25,26)18-5-3-4-17(20)14-18/h3-5,14-16H,6-13H2,1-2H3. The Kier molecular flexibility index (Phi) is 6.46. The van der Waals surface area contributed by atoms with Crippen molar-refractivity contribution >= 4 is 27.5 Å². The number of hydrogen-bond acceptors (Lipinski definition) is 4. The average Bonchev–Trinajstić information content (AvgIpc) is 2.67. The number of piperidine rings is 1. The van der Waals surface area contributed by atoms with Crippen molar-refractivity contribution < 1.29 is 13.2 Å². The fourth-order valence-corrected chi connectivity index (χ4v) is 5.48. The molecule has 0 aromatic heterocycles. The van der Waals surface area contributed by atoms with Crippen LogP contribution in [0.4, 0.5) is 0 Å². The second-order valence-corrected chi connectivity index (χ2v) is 9.96. The number of amides is 1. The summed E-state index contributed by atoms with van der Waals surface area (Å²) in [6.45, 7) is 7.67. The molecule has 3 rings (SSSR count). The topological polar surface area (TPSA) is 60.9 Å². The molecule has 0 aliphatic carbocycles. The van der Waals surface area contributed by atoms with Crippen molar-refractivity contribution in [1.82, 2.24) is 14.1 Å². The van der Waals surface area contributed by atoms with Crippen molar-refractivity contribution in [2.45, 2.75) is 37.6 Å². The van der Waals surface area contributed by atoms with E-state index in [-0.39, 0.29) is 16.8 Å². The average molecular weight is 414 g/mol. The quantitative estimate of drug-likeness (QED) is 0.759. The van der Waals surface area contributed by atoms with E-state index >= 15 is 0 Å². The number of sulfonamides is 1. The van der Waals surface area contributed by atoms with E-state index in [1.54, 1.807) is 18.2 Å². The Balaban J connectivity index is 1.59. The Hall–Kier alpha value is -1.15. The maximum atomic E-state index is 12.8. The molecule has 2 saturated heterocycles. The van der Waals surface area contributed by atoms with Crippen molar-refractivity contribution in [1.29, 1.82) is 0 Å². The summed E-state index contributed by atoms with van der Waals surface area (Å²) in [5.41, 5.74) is 0. The Bertz CT molecular complexity index is 770. The van der Waals surface area contributed by atoms with E-state index in [0.717, 1.165) is 25.9 Å². The second kappa shape index (κ2) is 8.47. The van der Waals surface area contributed by atoms with Crippen LogP contribution in [0, 0.1) is 5.92 Å². The van der Waals surface area contributed by atoms with Crippen molar-refractivity contribution in [2.75, 3.05) is 39.3 Å². The second-order valence-electron chi connectivity index (χ2n) is 7.58.